The Bertz CT molecular complexity index is 1430. The SMILES string of the molecule is CN(C)CCCOc1ccc(-c2cc(Cn3cc4nc(-c5cccc(F)c5F)nc-4cn3)on2)cc1. The van der Waals surface area contributed by atoms with Crippen molar-refractivity contribution in [2.45, 2.75) is 13.0 Å². The van der Waals surface area contributed by atoms with Crippen LogP contribution in [0, 0.1) is 11.6 Å². The first-order valence-corrected chi connectivity index (χ1v) is 11.4. The lowest BCUT2D eigenvalue weighted by molar-refractivity contribution is 0.281. The lowest BCUT2D eigenvalue weighted by Crippen LogP contribution is -2.15. The molecular weight excluding hydrogens is 466 g/mol. The van der Waals surface area contributed by atoms with Gasteiger partial charge in [-0.25, -0.2) is 18.7 Å². The molecule has 184 valence electrons. The molecule has 5 rings (SSSR count). The summed E-state index contributed by atoms with van der Waals surface area (Å²) in [5.41, 5.74) is 2.59. The number of hydrogen-bond acceptors (Lipinski definition) is 7. The van der Waals surface area contributed by atoms with Crippen LogP contribution in [-0.2, 0) is 6.54 Å². The number of imidazole rings is 1. The van der Waals surface area contributed by atoms with Gasteiger partial charge >= 0.3 is 0 Å². The Hall–Kier alpha value is -4.18. The summed E-state index contributed by atoms with van der Waals surface area (Å²) in [5, 5.41) is 8.49. The van der Waals surface area contributed by atoms with E-state index in [0.29, 0.717) is 36.0 Å². The van der Waals surface area contributed by atoms with Gasteiger partial charge in [-0.05, 0) is 56.9 Å². The van der Waals surface area contributed by atoms with Gasteiger partial charge in [0.1, 0.15) is 29.4 Å². The first kappa shape index (κ1) is 23.6. The Morgan fingerprint density at radius 3 is 2.61 bits per heavy atom. The zero-order valence-corrected chi connectivity index (χ0v) is 19.9. The van der Waals surface area contributed by atoms with Gasteiger partial charge in [0, 0.05) is 18.2 Å². The van der Waals surface area contributed by atoms with Gasteiger partial charge in [0.2, 0.25) is 0 Å². The number of halogens is 2. The van der Waals surface area contributed by atoms with Crippen LogP contribution in [-0.4, -0.2) is 57.1 Å². The fourth-order valence-electron chi connectivity index (χ4n) is 3.72. The van der Waals surface area contributed by atoms with Crippen molar-refractivity contribution in [3.05, 3.63) is 78.3 Å². The van der Waals surface area contributed by atoms with Crippen LogP contribution in [0.4, 0.5) is 8.78 Å². The first-order valence-electron chi connectivity index (χ1n) is 11.4. The van der Waals surface area contributed by atoms with Crippen molar-refractivity contribution in [3.63, 3.8) is 0 Å². The van der Waals surface area contributed by atoms with Crippen molar-refractivity contribution < 1.29 is 18.0 Å². The van der Waals surface area contributed by atoms with Crippen LogP contribution in [0.2, 0.25) is 0 Å². The quantitative estimate of drug-likeness (QED) is 0.276. The van der Waals surface area contributed by atoms with Crippen molar-refractivity contribution in [2.75, 3.05) is 27.2 Å². The minimum atomic E-state index is -0.980. The summed E-state index contributed by atoms with van der Waals surface area (Å²) in [4.78, 5) is 10.7. The Balaban J connectivity index is 1.26. The molecule has 36 heavy (non-hydrogen) atoms. The van der Waals surface area contributed by atoms with Gasteiger partial charge in [-0.3, -0.25) is 4.68 Å². The smallest absolute Gasteiger partial charge is 0.169 e. The molecular formula is C26H24F2N6O2. The van der Waals surface area contributed by atoms with E-state index in [4.69, 9.17) is 9.26 Å². The maximum Gasteiger partial charge on any atom is 0.169 e. The van der Waals surface area contributed by atoms with Crippen LogP contribution in [0.15, 0.2) is 65.4 Å². The molecule has 0 saturated heterocycles. The van der Waals surface area contributed by atoms with Gasteiger partial charge in [0.15, 0.2) is 23.2 Å². The second-order valence-corrected chi connectivity index (χ2v) is 8.60. The summed E-state index contributed by atoms with van der Waals surface area (Å²) in [7, 11) is 4.08. The van der Waals surface area contributed by atoms with Gasteiger partial charge in [-0.2, -0.15) is 5.10 Å². The van der Waals surface area contributed by atoms with E-state index in [1.165, 1.54) is 18.3 Å². The van der Waals surface area contributed by atoms with Crippen LogP contribution in [0.5, 0.6) is 5.75 Å². The fourth-order valence-corrected chi connectivity index (χ4v) is 3.72. The standard InChI is InChI=1S/C26H24F2N6O2/c1-33(2)11-4-12-35-18-9-7-17(8-10-18)22-13-19(36-32-22)15-34-16-24-23(14-29-34)30-26(31-24)20-5-3-6-21(27)25(20)28/h3,5-10,13-14,16H,4,11-12,15H2,1-2H3. The molecule has 10 heteroatoms. The number of nitrogens with zero attached hydrogens (tertiary/aromatic N) is 6. The zero-order valence-electron chi connectivity index (χ0n) is 19.9. The molecule has 3 heterocycles. The van der Waals surface area contributed by atoms with Crippen molar-refractivity contribution in [1.29, 1.82) is 0 Å². The molecule has 8 nitrogen and oxygen atoms in total. The third-order valence-electron chi connectivity index (χ3n) is 5.55. The van der Waals surface area contributed by atoms with Crippen molar-refractivity contribution in [3.8, 4) is 39.8 Å². The Kier molecular flexibility index (Phi) is 6.68. The molecule has 2 aliphatic rings. The average molecular weight is 491 g/mol. The third-order valence-corrected chi connectivity index (χ3v) is 5.55. The Morgan fingerprint density at radius 2 is 1.81 bits per heavy atom. The van der Waals surface area contributed by atoms with Crippen LogP contribution in [0.1, 0.15) is 12.2 Å². The number of hydrogen-bond donors (Lipinski definition) is 0. The molecule has 0 saturated carbocycles. The monoisotopic (exact) mass is 490 g/mol. The number of benzene rings is 2. The highest BCUT2D eigenvalue weighted by Crippen LogP contribution is 2.27. The van der Waals surface area contributed by atoms with E-state index in [0.717, 1.165) is 30.3 Å². The predicted octanol–water partition coefficient (Wildman–Crippen LogP) is 4.76. The van der Waals surface area contributed by atoms with Crippen LogP contribution in [0.3, 0.4) is 0 Å². The lowest BCUT2D eigenvalue weighted by atomic mass is 10.1. The summed E-state index contributed by atoms with van der Waals surface area (Å²) in [6.07, 6.45) is 4.16. The molecule has 2 aliphatic heterocycles. The molecule has 0 bridgehead atoms. The van der Waals surface area contributed by atoms with Crippen molar-refractivity contribution >= 4 is 0 Å². The summed E-state index contributed by atoms with van der Waals surface area (Å²) in [5.74, 6) is -0.414. The Morgan fingerprint density at radius 1 is 1.00 bits per heavy atom. The molecule has 0 aliphatic carbocycles. The van der Waals surface area contributed by atoms with Crippen LogP contribution < -0.4 is 4.74 Å². The van der Waals surface area contributed by atoms with Gasteiger partial charge in [-0.15, -0.1) is 0 Å². The number of aromatic nitrogens is 5. The predicted molar refractivity (Wildman–Crippen MR) is 129 cm³/mol. The first-order chi connectivity index (χ1) is 17.5. The molecule has 0 unspecified atom stereocenters. The average Bonchev–Trinajstić information content (AvgIpc) is 3.51. The third kappa shape index (κ3) is 5.23. The maximum atomic E-state index is 14.1. The van der Waals surface area contributed by atoms with E-state index < -0.39 is 11.6 Å². The van der Waals surface area contributed by atoms with Crippen LogP contribution >= 0.6 is 0 Å². The second kappa shape index (κ2) is 10.2. The van der Waals surface area contributed by atoms with E-state index >= 15 is 0 Å². The molecule has 0 N–H and O–H groups in total. The molecule has 2 aromatic carbocycles. The van der Waals surface area contributed by atoms with Gasteiger partial charge in [0.25, 0.3) is 0 Å². The van der Waals surface area contributed by atoms with Gasteiger partial charge in [0.05, 0.1) is 24.6 Å². The number of fused-ring (bicyclic) bond motifs is 1. The van der Waals surface area contributed by atoms with Crippen molar-refractivity contribution in [1.82, 2.24) is 29.8 Å². The largest absolute Gasteiger partial charge is 0.494 e. The minimum Gasteiger partial charge on any atom is -0.494 e. The minimum absolute atomic E-state index is 0.00242. The highest BCUT2D eigenvalue weighted by atomic mass is 19.2. The van der Waals surface area contributed by atoms with Crippen LogP contribution in [0.25, 0.3) is 34.0 Å². The fraction of sp³-hybridized carbons (Fsp3) is 0.231. The van der Waals surface area contributed by atoms with Gasteiger partial charge in [-0.1, -0.05) is 11.2 Å². The molecule has 0 fully saturated rings. The summed E-state index contributed by atoms with van der Waals surface area (Å²) >= 11 is 0. The maximum absolute atomic E-state index is 14.1. The highest BCUT2D eigenvalue weighted by Gasteiger charge is 2.18. The molecule has 0 spiro atoms. The second-order valence-electron chi connectivity index (χ2n) is 8.60. The number of rotatable bonds is 9. The zero-order chi connectivity index (χ0) is 25.1. The molecule has 1 aromatic heterocycles. The van der Waals surface area contributed by atoms with E-state index in [1.807, 2.05) is 44.4 Å². The summed E-state index contributed by atoms with van der Waals surface area (Å²) in [6.45, 7) is 1.95. The molecule has 0 atom stereocenters. The molecule has 3 aromatic rings. The Labute approximate surface area is 206 Å². The van der Waals surface area contributed by atoms with E-state index in [1.54, 1.807) is 10.9 Å². The lowest BCUT2D eigenvalue weighted by Gasteiger charge is -2.10. The summed E-state index contributed by atoms with van der Waals surface area (Å²) in [6, 6.07) is 13.5. The summed E-state index contributed by atoms with van der Waals surface area (Å²) < 4.78 is 40.6. The molecule has 0 radical (unpaired) electrons. The highest BCUT2D eigenvalue weighted by molar-refractivity contribution is 5.65. The van der Waals surface area contributed by atoms with E-state index in [9.17, 15) is 8.78 Å². The normalized spacial score (nSPS) is 11.5. The number of ether oxygens (including phenoxy) is 1. The van der Waals surface area contributed by atoms with E-state index in [-0.39, 0.29) is 11.4 Å². The van der Waals surface area contributed by atoms with E-state index in [2.05, 4.69) is 25.1 Å². The van der Waals surface area contributed by atoms with Gasteiger partial charge < -0.3 is 14.2 Å². The van der Waals surface area contributed by atoms with Crippen molar-refractivity contribution in [2.24, 2.45) is 0 Å². The molecule has 0 amide bonds. The topological polar surface area (TPSA) is 82.1 Å².